The molecule has 1 aromatic carbocycles. The molecule has 0 aromatic heterocycles. The van der Waals surface area contributed by atoms with Crippen LogP contribution in [0.3, 0.4) is 0 Å². The Morgan fingerprint density at radius 3 is 2.07 bits per heavy atom. The number of hydrogen-bond acceptors (Lipinski definition) is 0. The Bertz CT molecular complexity index is 369. The molecule has 1 aromatic rings. The monoisotopic (exact) mass is 243 g/mol. The molecular formula is C9H5ClF5. The maximum Gasteiger partial charge on any atom is 0.458 e. The predicted molar refractivity (Wildman–Crippen MR) is 45.9 cm³/mol. The average molecular weight is 244 g/mol. The van der Waals surface area contributed by atoms with Gasteiger partial charge in [-0.3, -0.25) is 0 Å². The standard InChI is InChI=1S/C9H5ClF5/c1-5-2-3-7(10)6(4-5)8(11,12)9(13,14)15/h2-4H,1H2. The molecule has 0 amide bonds. The molecule has 0 saturated heterocycles. The fraction of sp³-hybridized carbons (Fsp3) is 0.222. The lowest BCUT2D eigenvalue weighted by molar-refractivity contribution is -0.289. The molecule has 0 heterocycles. The van der Waals surface area contributed by atoms with Crippen molar-refractivity contribution < 1.29 is 22.0 Å². The molecule has 0 aliphatic heterocycles. The van der Waals surface area contributed by atoms with Crippen LogP contribution in [0.4, 0.5) is 22.0 Å². The summed E-state index contributed by atoms with van der Waals surface area (Å²) in [5, 5.41) is -0.635. The lowest BCUT2D eigenvalue weighted by Gasteiger charge is -2.21. The molecule has 15 heavy (non-hydrogen) atoms. The van der Waals surface area contributed by atoms with Crippen molar-refractivity contribution in [1.82, 2.24) is 0 Å². The van der Waals surface area contributed by atoms with Crippen molar-refractivity contribution in [2.45, 2.75) is 12.1 Å². The minimum absolute atomic E-state index is 0.0401. The fourth-order valence-corrected chi connectivity index (χ4v) is 1.20. The van der Waals surface area contributed by atoms with E-state index in [1.807, 2.05) is 0 Å². The highest BCUT2D eigenvalue weighted by Crippen LogP contribution is 2.46. The molecule has 0 bridgehead atoms. The van der Waals surface area contributed by atoms with E-state index >= 15 is 0 Å². The molecule has 0 aliphatic rings. The Morgan fingerprint density at radius 1 is 1.07 bits per heavy atom. The van der Waals surface area contributed by atoms with Crippen molar-refractivity contribution in [3.8, 4) is 0 Å². The van der Waals surface area contributed by atoms with Crippen LogP contribution < -0.4 is 0 Å². The Labute approximate surface area is 87.7 Å². The molecule has 0 aliphatic carbocycles. The number of benzene rings is 1. The van der Waals surface area contributed by atoms with Gasteiger partial charge in [-0.15, -0.1) is 0 Å². The van der Waals surface area contributed by atoms with Gasteiger partial charge in [-0.05, 0) is 24.6 Å². The van der Waals surface area contributed by atoms with Crippen LogP contribution in [-0.4, -0.2) is 6.18 Å². The van der Waals surface area contributed by atoms with Crippen molar-refractivity contribution in [1.29, 1.82) is 0 Å². The number of halogens is 6. The molecule has 0 nitrogen and oxygen atoms in total. The lowest BCUT2D eigenvalue weighted by Crippen LogP contribution is -2.34. The predicted octanol–water partition coefficient (Wildman–Crippen LogP) is 4.18. The SMILES string of the molecule is [CH2]c1ccc(Cl)c(C(F)(F)C(F)(F)F)c1. The van der Waals surface area contributed by atoms with Crippen molar-refractivity contribution >= 4 is 11.6 Å². The zero-order valence-electron chi connectivity index (χ0n) is 7.21. The van der Waals surface area contributed by atoms with Crippen LogP contribution in [0.2, 0.25) is 5.02 Å². The van der Waals surface area contributed by atoms with E-state index in [9.17, 15) is 22.0 Å². The van der Waals surface area contributed by atoms with Gasteiger partial charge < -0.3 is 0 Å². The van der Waals surface area contributed by atoms with Crippen LogP contribution in [0, 0.1) is 6.92 Å². The van der Waals surface area contributed by atoms with Gasteiger partial charge in [0.2, 0.25) is 0 Å². The Hall–Kier alpha value is -0.840. The van der Waals surface area contributed by atoms with E-state index in [1.54, 1.807) is 0 Å². The first-order valence-corrected chi connectivity index (χ1v) is 4.10. The molecule has 0 N–H and O–H groups in total. The third-order valence-electron chi connectivity index (χ3n) is 1.73. The Balaban J connectivity index is 3.32. The maximum atomic E-state index is 12.9. The van der Waals surface area contributed by atoms with Gasteiger partial charge >= 0.3 is 12.1 Å². The summed E-state index contributed by atoms with van der Waals surface area (Å²) in [5.74, 6) is -4.96. The highest BCUT2D eigenvalue weighted by Gasteiger charge is 2.59. The quantitative estimate of drug-likeness (QED) is 0.649. The first kappa shape index (κ1) is 12.2. The van der Waals surface area contributed by atoms with E-state index in [0.717, 1.165) is 6.07 Å². The van der Waals surface area contributed by atoms with Gasteiger partial charge in [0, 0.05) is 5.56 Å². The van der Waals surface area contributed by atoms with E-state index in [1.165, 1.54) is 6.07 Å². The van der Waals surface area contributed by atoms with E-state index in [0.29, 0.717) is 6.07 Å². The maximum absolute atomic E-state index is 12.9. The van der Waals surface area contributed by atoms with Crippen molar-refractivity contribution in [2.75, 3.05) is 0 Å². The third-order valence-corrected chi connectivity index (χ3v) is 2.05. The second-order valence-electron chi connectivity index (χ2n) is 2.89. The molecule has 0 fully saturated rings. The first-order valence-electron chi connectivity index (χ1n) is 3.73. The summed E-state index contributed by atoms with van der Waals surface area (Å²) in [7, 11) is 0. The van der Waals surface area contributed by atoms with Gasteiger partial charge in [0.15, 0.2) is 0 Å². The summed E-state index contributed by atoms with van der Waals surface area (Å²) < 4.78 is 61.7. The summed E-state index contributed by atoms with van der Waals surface area (Å²) in [6.45, 7) is 3.26. The molecule has 0 spiro atoms. The molecule has 0 unspecified atom stereocenters. The van der Waals surface area contributed by atoms with Crippen LogP contribution in [0.5, 0.6) is 0 Å². The summed E-state index contributed by atoms with van der Waals surface area (Å²) >= 11 is 5.28. The van der Waals surface area contributed by atoms with E-state index in [-0.39, 0.29) is 5.56 Å². The largest absolute Gasteiger partial charge is 0.458 e. The second-order valence-corrected chi connectivity index (χ2v) is 3.29. The molecule has 1 rings (SSSR count). The van der Waals surface area contributed by atoms with E-state index < -0.39 is 22.7 Å². The van der Waals surface area contributed by atoms with Gasteiger partial charge in [0.05, 0.1) is 5.02 Å². The van der Waals surface area contributed by atoms with Crippen molar-refractivity contribution in [3.05, 3.63) is 41.3 Å². The van der Waals surface area contributed by atoms with Gasteiger partial charge in [0.25, 0.3) is 0 Å². The summed E-state index contributed by atoms with van der Waals surface area (Å²) in [4.78, 5) is 0. The summed E-state index contributed by atoms with van der Waals surface area (Å²) in [6, 6.07) is 2.83. The second kappa shape index (κ2) is 3.63. The van der Waals surface area contributed by atoms with Gasteiger partial charge in [-0.25, -0.2) is 0 Å². The first-order chi connectivity index (χ1) is 6.66. The summed E-state index contributed by atoms with van der Waals surface area (Å²) in [5.41, 5.74) is -1.23. The topological polar surface area (TPSA) is 0 Å². The molecule has 1 radical (unpaired) electrons. The van der Waals surface area contributed by atoms with E-state index in [2.05, 4.69) is 6.92 Å². The van der Waals surface area contributed by atoms with Crippen molar-refractivity contribution in [2.24, 2.45) is 0 Å². The number of rotatable bonds is 1. The van der Waals surface area contributed by atoms with Crippen LogP contribution in [0.15, 0.2) is 18.2 Å². The van der Waals surface area contributed by atoms with Crippen LogP contribution in [0.25, 0.3) is 0 Å². The van der Waals surface area contributed by atoms with Crippen LogP contribution in [-0.2, 0) is 5.92 Å². The van der Waals surface area contributed by atoms with E-state index in [4.69, 9.17) is 11.6 Å². The van der Waals surface area contributed by atoms with Crippen LogP contribution >= 0.6 is 11.6 Å². The highest BCUT2D eigenvalue weighted by atomic mass is 35.5. The normalized spacial score (nSPS) is 13.0. The lowest BCUT2D eigenvalue weighted by atomic mass is 10.1. The van der Waals surface area contributed by atoms with Gasteiger partial charge in [0.1, 0.15) is 0 Å². The molecular weight excluding hydrogens is 239 g/mol. The Morgan fingerprint density at radius 2 is 1.60 bits per heavy atom. The van der Waals surface area contributed by atoms with Gasteiger partial charge in [-0.2, -0.15) is 22.0 Å². The minimum Gasteiger partial charge on any atom is -0.191 e. The number of hydrogen-bond donors (Lipinski definition) is 0. The minimum atomic E-state index is -5.66. The number of alkyl halides is 5. The molecule has 6 heteroatoms. The smallest absolute Gasteiger partial charge is 0.191 e. The zero-order chi connectivity index (χ0) is 11.9. The zero-order valence-corrected chi connectivity index (χ0v) is 7.96. The average Bonchev–Trinajstić information content (AvgIpc) is 2.07. The highest BCUT2D eigenvalue weighted by molar-refractivity contribution is 6.31. The van der Waals surface area contributed by atoms with Gasteiger partial charge in [-0.1, -0.05) is 17.7 Å². The summed E-state index contributed by atoms with van der Waals surface area (Å²) in [6.07, 6.45) is -5.66. The van der Waals surface area contributed by atoms with Crippen LogP contribution in [0.1, 0.15) is 11.1 Å². The molecule has 0 saturated carbocycles. The Kier molecular flexibility index (Phi) is 2.96. The third kappa shape index (κ3) is 2.22. The van der Waals surface area contributed by atoms with Crippen molar-refractivity contribution in [3.63, 3.8) is 0 Å². The molecule has 83 valence electrons. The fourth-order valence-electron chi connectivity index (χ4n) is 0.966. The molecule has 0 atom stereocenters.